The lowest BCUT2D eigenvalue weighted by Crippen LogP contribution is -2.42. The number of carbonyl (C=O) groups is 3. The van der Waals surface area contributed by atoms with E-state index in [-0.39, 0.29) is 19.6 Å². The molecule has 0 unspecified atom stereocenters. The van der Waals surface area contributed by atoms with E-state index in [9.17, 15) is 19.5 Å². The Kier molecular flexibility index (Phi) is 9.88. The van der Waals surface area contributed by atoms with E-state index in [1.165, 1.54) is 0 Å². The summed E-state index contributed by atoms with van der Waals surface area (Å²) in [6, 6.07) is 31.7. The van der Waals surface area contributed by atoms with Crippen molar-refractivity contribution in [2.24, 2.45) is 0 Å². The SMILES string of the molecule is O=C(NCc1ccc(C(=O)N[C@@H](Cc2ccc(OCc3ccccc3)cc2)C(=O)O)cc1)OCc1ccccc1. The number of benzene rings is 4. The molecule has 2 amide bonds. The average molecular weight is 539 g/mol. The second-order valence-corrected chi connectivity index (χ2v) is 9.10. The first-order chi connectivity index (χ1) is 19.5. The Labute approximate surface area is 232 Å². The highest BCUT2D eigenvalue weighted by Crippen LogP contribution is 2.16. The third-order valence-electron chi connectivity index (χ3n) is 6.08. The van der Waals surface area contributed by atoms with Crippen LogP contribution in [0.1, 0.15) is 32.6 Å². The zero-order valence-corrected chi connectivity index (χ0v) is 21.8. The van der Waals surface area contributed by atoms with Gasteiger partial charge in [-0.2, -0.15) is 0 Å². The largest absolute Gasteiger partial charge is 0.489 e. The number of aliphatic carboxylic acids is 1. The van der Waals surface area contributed by atoms with Gasteiger partial charge in [-0.3, -0.25) is 4.79 Å². The summed E-state index contributed by atoms with van der Waals surface area (Å²) in [5.74, 6) is -0.966. The standard InChI is InChI=1S/C32H30N2O6/c35-30(27-15-11-24(12-16-27)20-33-32(38)40-22-26-9-5-2-6-10-26)34-29(31(36)37)19-23-13-17-28(18-14-23)39-21-25-7-3-1-4-8-25/h1-18,29H,19-22H2,(H,33,38)(H,34,35)(H,36,37)/t29-/m0/s1. The van der Waals surface area contributed by atoms with E-state index in [4.69, 9.17) is 9.47 Å². The summed E-state index contributed by atoms with van der Waals surface area (Å²) in [7, 11) is 0. The summed E-state index contributed by atoms with van der Waals surface area (Å²) in [6.45, 7) is 0.822. The van der Waals surface area contributed by atoms with Crippen LogP contribution in [-0.4, -0.2) is 29.1 Å². The van der Waals surface area contributed by atoms with Crippen LogP contribution in [0.4, 0.5) is 4.79 Å². The zero-order chi connectivity index (χ0) is 28.2. The second-order valence-electron chi connectivity index (χ2n) is 9.10. The van der Waals surface area contributed by atoms with Crippen molar-refractivity contribution in [3.05, 3.63) is 137 Å². The van der Waals surface area contributed by atoms with Crippen molar-refractivity contribution in [3.8, 4) is 5.75 Å². The molecule has 0 radical (unpaired) electrons. The fraction of sp³-hybridized carbons (Fsp3) is 0.156. The molecule has 0 fully saturated rings. The topological polar surface area (TPSA) is 114 Å². The van der Waals surface area contributed by atoms with Gasteiger partial charge in [0.25, 0.3) is 5.91 Å². The Balaban J connectivity index is 1.24. The predicted molar refractivity (Wildman–Crippen MR) is 150 cm³/mol. The number of hydrogen-bond donors (Lipinski definition) is 3. The molecule has 0 aliphatic carbocycles. The molecule has 4 aromatic carbocycles. The lowest BCUT2D eigenvalue weighted by molar-refractivity contribution is -0.139. The van der Waals surface area contributed by atoms with Gasteiger partial charge >= 0.3 is 12.1 Å². The van der Waals surface area contributed by atoms with Crippen molar-refractivity contribution in [2.75, 3.05) is 0 Å². The van der Waals surface area contributed by atoms with E-state index >= 15 is 0 Å². The Morgan fingerprint density at radius 3 is 1.85 bits per heavy atom. The summed E-state index contributed by atoms with van der Waals surface area (Å²) in [4.78, 5) is 36.5. The normalized spacial score (nSPS) is 11.2. The minimum absolute atomic E-state index is 0.118. The number of carboxylic acids is 1. The van der Waals surface area contributed by atoms with E-state index in [1.807, 2.05) is 60.7 Å². The molecule has 0 aliphatic heterocycles. The second kappa shape index (κ2) is 14.2. The molecule has 204 valence electrons. The highest BCUT2D eigenvalue weighted by Gasteiger charge is 2.21. The van der Waals surface area contributed by atoms with E-state index < -0.39 is 24.0 Å². The number of alkyl carbamates (subject to hydrolysis) is 1. The minimum atomic E-state index is -1.13. The van der Waals surface area contributed by atoms with Gasteiger partial charge in [-0.05, 0) is 46.5 Å². The molecule has 0 saturated heterocycles. The van der Waals surface area contributed by atoms with Crippen LogP contribution >= 0.6 is 0 Å². The number of hydrogen-bond acceptors (Lipinski definition) is 5. The van der Waals surface area contributed by atoms with Gasteiger partial charge in [-0.15, -0.1) is 0 Å². The molecule has 0 saturated carbocycles. The van der Waals surface area contributed by atoms with E-state index in [1.54, 1.807) is 48.5 Å². The predicted octanol–water partition coefficient (Wildman–Crippen LogP) is 5.12. The summed E-state index contributed by atoms with van der Waals surface area (Å²) in [5, 5.41) is 14.9. The van der Waals surface area contributed by atoms with Gasteiger partial charge in [0.15, 0.2) is 0 Å². The van der Waals surface area contributed by atoms with Crippen molar-refractivity contribution >= 4 is 18.0 Å². The van der Waals surface area contributed by atoms with E-state index in [2.05, 4.69) is 10.6 Å². The summed E-state index contributed by atoms with van der Waals surface area (Å²) < 4.78 is 11.0. The molecule has 40 heavy (non-hydrogen) atoms. The zero-order valence-electron chi connectivity index (χ0n) is 21.8. The monoisotopic (exact) mass is 538 g/mol. The number of amides is 2. The summed E-state index contributed by atoms with van der Waals surface area (Å²) in [5.41, 5.74) is 3.76. The third-order valence-corrected chi connectivity index (χ3v) is 6.08. The fourth-order valence-electron chi connectivity index (χ4n) is 3.86. The molecule has 4 rings (SSSR count). The maximum atomic E-state index is 12.7. The molecule has 3 N–H and O–H groups in total. The van der Waals surface area contributed by atoms with Crippen LogP contribution in [0.15, 0.2) is 109 Å². The molecule has 0 aliphatic rings. The van der Waals surface area contributed by atoms with Crippen molar-refractivity contribution < 1.29 is 29.0 Å². The average Bonchev–Trinajstić information content (AvgIpc) is 2.99. The van der Waals surface area contributed by atoms with Crippen LogP contribution in [0.5, 0.6) is 5.75 Å². The van der Waals surface area contributed by atoms with Crippen molar-refractivity contribution in [2.45, 2.75) is 32.2 Å². The number of carbonyl (C=O) groups excluding carboxylic acids is 2. The molecule has 0 spiro atoms. The van der Waals surface area contributed by atoms with Crippen LogP contribution < -0.4 is 15.4 Å². The Bertz CT molecular complexity index is 1390. The van der Waals surface area contributed by atoms with E-state index in [0.29, 0.717) is 17.9 Å². The quantitative estimate of drug-likeness (QED) is 0.231. The van der Waals surface area contributed by atoms with Gasteiger partial charge < -0.3 is 25.2 Å². The molecule has 0 aromatic heterocycles. The maximum Gasteiger partial charge on any atom is 0.407 e. The van der Waals surface area contributed by atoms with Crippen molar-refractivity contribution in [3.63, 3.8) is 0 Å². The third kappa shape index (κ3) is 8.73. The van der Waals surface area contributed by atoms with Crippen LogP contribution in [0.3, 0.4) is 0 Å². The highest BCUT2D eigenvalue weighted by atomic mass is 16.5. The maximum absolute atomic E-state index is 12.7. The molecule has 0 heterocycles. The minimum Gasteiger partial charge on any atom is -0.489 e. The Hall–Kier alpha value is -5.11. The number of ether oxygens (including phenoxy) is 2. The fourth-order valence-corrected chi connectivity index (χ4v) is 3.86. The molecule has 8 nitrogen and oxygen atoms in total. The summed E-state index contributed by atoms with van der Waals surface area (Å²) in [6.07, 6.45) is -0.432. The number of rotatable bonds is 12. The number of nitrogens with one attached hydrogen (secondary N) is 2. The molecule has 8 heteroatoms. The lowest BCUT2D eigenvalue weighted by Gasteiger charge is -2.15. The van der Waals surface area contributed by atoms with Crippen molar-refractivity contribution in [1.82, 2.24) is 10.6 Å². The summed E-state index contributed by atoms with van der Waals surface area (Å²) >= 11 is 0. The Morgan fingerprint density at radius 2 is 1.25 bits per heavy atom. The smallest absolute Gasteiger partial charge is 0.407 e. The van der Waals surface area contributed by atoms with Crippen molar-refractivity contribution in [1.29, 1.82) is 0 Å². The molecular weight excluding hydrogens is 508 g/mol. The molecular formula is C32H30N2O6. The Morgan fingerprint density at radius 1 is 0.675 bits per heavy atom. The van der Waals surface area contributed by atoms with Crippen LogP contribution in [0, 0.1) is 0 Å². The number of carboxylic acid groups (broad SMARTS) is 1. The molecule has 0 bridgehead atoms. The van der Waals surface area contributed by atoms with E-state index in [0.717, 1.165) is 22.3 Å². The van der Waals surface area contributed by atoms with Gasteiger partial charge in [-0.1, -0.05) is 84.9 Å². The molecule has 1 atom stereocenters. The highest BCUT2D eigenvalue weighted by molar-refractivity contribution is 5.96. The first-order valence-electron chi connectivity index (χ1n) is 12.8. The van der Waals surface area contributed by atoms with Crippen LogP contribution in [0.25, 0.3) is 0 Å². The van der Waals surface area contributed by atoms with Gasteiger partial charge in [-0.25, -0.2) is 9.59 Å². The first-order valence-corrected chi connectivity index (χ1v) is 12.8. The van der Waals surface area contributed by atoms with Gasteiger partial charge in [0.05, 0.1) is 0 Å². The molecule has 4 aromatic rings. The van der Waals surface area contributed by atoms with Crippen LogP contribution in [0.2, 0.25) is 0 Å². The van der Waals surface area contributed by atoms with Gasteiger partial charge in [0.1, 0.15) is 25.0 Å². The van der Waals surface area contributed by atoms with Gasteiger partial charge in [0, 0.05) is 18.5 Å². The van der Waals surface area contributed by atoms with Gasteiger partial charge in [0.2, 0.25) is 0 Å². The van der Waals surface area contributed by atoms with Crippen LogP contribution in [-0.2, 0) is 35.7 Å². The lowest BCUT2D eigenvalue weighted by atomic mass is 10.0. The first kappa shape index (κ1) is 27.9.